The van der Waals surface area contributed by atoms with E-state index in [2.05, 4.69) is 45.3 Å². The highest BCUT2D eigenvalue weighted by atomic mass is 32.1. The van der Waals surface area contributed by atoms with Crippen LogP contribution in [0.5, 0.6) is 5.75 Å². The quantitative estimate of drug-likeness (QED) is 0.709. The molecule has 5 nitrogen and oxygen atoms in total. The third-order valence-electron chi connectivity index (χ3n) is 4.09. The van der Waals surface area contributed by atoms with Crippen LogP contribution in [0.3, 0.4) is 0 Å². The Balaban J connectivity index is 0.000000160. The number of nitrogens with zero attached hydrogens (tertiary/aromatic N) is 1. The first-order valence-corrected chi connectivity index (χ1v) is 9.26. The van der Waals surface area contributed by atoms with Crippen molar-refractivity contribution >= 4 is 23.0 Å². The van der Waals surface area contributed by atoms with Crippen molar-refractivity contribution in [2.75, 3.05) is 19.0 Å². The zero-order valence-electron chi connectivity index (χ0n) is 14.4. The van der Waals surface area contributed by atoms with E-state index in [9.17, 15) is 4.79 Å². The SMILES string of the molecule is CNc1cnccc1C(=O)O.c1cc(-c2ccc3c(c2)OCCC3)cs1. The van der Waals surface area contributed by atoms with Crippen molar-refractivity contribution in [1.82, 2.24) is 4.98 Å². The van der Waals surface area contributed by atoms with Crippen molar-refractivity contribution in [2.24, 2.45) is 0 Å². The second-order valence-corrected chi connectivity index (χ2v) is 6.54. The average Bonchev–Trinajstić information content (AvgIpc) is 3.23. The van der Waals surface area contributed by atoms with Crippen molar-refractivity contribution in [3.8, 4) is 16.9 Å². The molecule has 0 saturated heterocycles. The number of benzene rings is 1. The molecule has 0 saturated carbocycles. The van der Waals surface area contributed by atoms with Gasteiger partial charge < -0.3 is 15.2 Å². The molecule has 1 aliphatic rings. The van der Waals surface area contributed by atoms with E-state index in [-0.39, 0.29) is 5.56 Å². The normalized spacial score (nSPS) is 12.2. The Hall–Kier alpha value is -2.86. The topological polar surface area (TPSA) is 71.5 Å². The van der Waals surface area contributed by atoms with Crippen LogP contribution in [0.15, 0.2) is 53.5 Å². The Kier molecular flexibility index (Phi) is 5.86. The molecular weight excluding hydrogens is 348 g/mol. The molecule has 1 aliphatic heterocycles. The number of pyridine rings is 1. The Morgan fingerprint density at radius 3 is 2.85 bits per heavy atom. The number of hydrogen-bond acceptors (Lipinski definition) is 5. The fourth-order valence-corrected chi connectivity index (χ4v) is 3.39. The molecule has 0 atom stereocenters. The van der Waals surface area contributed by atoms with Crippen LogP contribution in [0.4, 0.5) is 5.69 Å². The maximum atomic E-state index is 10.5. The van der Waals surface area contributed by atoms with Crippen LogP contribution >= 0.6 is 11.3 Å². The van der Waals surface area contributed by atoms with Crippen LogP contribution in [0, 0.1) is 0 Å². The third kappa shape index (κ3) is 4.21. The molecule has 0 unspecified atom stereocenters. The van der Waals surface area contributed by atoms with Crippen molar-refractivity contribution in [1.29, 1.82) is 0 Å². The van der Waals surface area contributed by atoms with Gasteiger partial charge >= 0.3 is 5.97 Å². The fraction of sp³-hybridized carbons (Fsp3) is 0.200. The van der Waals surface area contributed by atoms with E-state index in [0.29, 0.717) is 5.69 Å². The number of carboxylic acids is 1. The van der Waals surface area contributed by atoms with Gasteiger partial charge in [-0.1, -0.05) is 12.1 Å². The molecule has 3 heterocycles. The van der Waals surface area contributed by atoms with E-state index in [1.807, 2.05) is 0 Å². The Bertz CT molecular complexity index is 879. The summed E-state index contributed by atoms with van der Waals surface area (Å²) in [5.74, 6) is 0.127. The van der Waals surface area contributed by atoms with Gasteiger partial charge in [0.1, 0.15) is 5.75 Å². The summed E-state index contributed by atoms with van der Waals surface area (Å²) in [7, 11) is 1.66. The largest absolute Gasteiger partial charge is 0.493 e. The number of nitrogens with one attached hydrogen (secondary N) is 1. The van der Waals surface area contributed by atoms with Crippen LogP contribution in [-0.2, 0) is 6.42 Å². The standard InChI is InChI=1S/C13H12OS.C7H8N2O2/c1-2-10-3-4-11(8-13(10)14-6-1)12-5-7-15-9-12;1-8-6-4-9-3-2-5(6)7(10)11/h3-5,7-9H,1-2,6H2;2-4,8H,1H3,(H,10,11). The minimum absolute atomic E-state index is 0.238. The molecule has 1 aromatic carbocycles. The van der Waals surface area contributed by atoms with E-state index < -0.39 is 5.97 Å². The van der Waals surface area contributed by atoms with Gasteiger partial charge in [0.15, 0.2) is 0 Å². The summed E-state index contributed by atoms with van der Waals surface area (Å²) in [6, 6.07) is 10.1. The number of carboxylic acid groups (broad SMARTS) is 1. The van der Waals surface area contributed by atoms with Crippen molar-refractivity contribution in [3.63, 3.8) is 0 Å². The van der Waals surface area contributed by atoms with Crippen LogP contribution in [0.2, 0.25) is 0 Å². The number of anilines is 1. The van der Waals surface area contributed by atoms with Gasteiger partial charge in [-0.05, 0) is 58.5 Å². The first kappa shape index (κ1) is 17.9. The predicted molar refractivity (Wildman–Crippen MR) is 104 cm³/mol. The summed E-state index contributed by atoms with van der Waals surface area (Å²) in [5.41, 5.74) is 4.66. The highest BCUT2D eigenvalue weighted by Gasteiger charge is 2.11. The molecule has 0 aliphatic carbocycles. The fourth-order valence-electron chi connectivity index (χ4n) is 2.73. The highest BCUT2D eigenvalue weighted by Crippen LogP contribution is 2.31. The first-order valence-electron chi connectivity index (χ1n) is 8.32. The molecule has 134 valence electrons. The highest BCUT2D eigenvalue weighted by molar-refractivity contribution is 7.08. The molecule has 26 heavy (non-hydrogen) atoms. The molecule has 2 aromatic heterocycles. The van der Waals surface area contributed by atoms with E-state index in [1.54, 1.807) is 18.4 Å². The van der Waals surface area contributed by atoms with Gasteiger partial charge in [0.2, 0.25) is 0 Å². The molecule has 0 amide bonds. The van der Waals surface area contributed by atoms with Gasteiger partial charge in [-0.3, -0.25) is 4.98 Å². The lowest BCUT2D eigenvalue weighted by Crippen LogP contribution is -2.07. The minimum atomic E-state index is -0.947. The molecular formula is C20H20N2O3S. The Morgan fingerprint density at radius 1 is 1.27 bits per heavy atom. The van der Waals surface area contributed by atoms with Gasteiger partial charge in [0, 0.05) is 13.2 Å². The van der Waals surface area contributed by atoms with E-state index in [0.717, 1.165) is 25.2 Å². The van der Waals surface area contributed by atoms with Gasteiger partial charge in [-0.2, -0.15) is 11.3 Å². The van der Waals surface area contributed by atoms with Crippen LogP contribution in [0.25, 0.3) is 11.1 Å². The van der Waals surface area contributed by atoms with Gasteiger partial charge in [0.05, 0.1) is 24.1 Å². The van der Waals surface area contributed by atoms with E-state index in [1.165, 1.54) is 35.2 Å². The minimum Gasteiger partial charge on any atom is -0.493 e. The number of carbonyl (C=O) groups is 1. The molecule has 0 bridgehead atoms. The number of aromatic nitrogens is 1. The Labute approximate surface area is 156 Å². The summed E-state index contributed by atoms with van der Waals surface area (Å²) < 4.78 is 5.67. The lowest BCUT2D eigenvalue weighted by molar-refractivity contribution is 0.0698. The van der Waals surface area contributed by atoms with Gasteiger partial charge in [-0.15, -0.1) is 0 Å². The van der Waals surface area contributed by atoms with Crippen LogP contribution in [-0.4, -0.2) is 29.7 Å². The van der Waals surface area contributed by atoms with Gasteiger partial charge in [-0.25, -0.2) is 4.79 Å². The summed E-state index contributed by atoms with van der Waals surface area (Å²) in [6.07, 6.45) is 5.22. The zero-order valence-corrected chi connectivity index (χ0v) is 15.3. The second kappa shape index (κ2) is 8.49. The lowest BCUT2D eigenvalue weighted by Gasteiger charge is -2.17. The number of fused-ring (bicyclic) bond motifs is 1. The molecule has 4 rings (SSSR count). The number of hydrogen-bond donors (Lipinski definition) is 2. The summed E-state index contributed by atoms with van der Waals surface area (Å²) in [4.78, 5) is 14.3. The van der Waals surface area contributed by atoms with Crippen LogP contribution < -0.4 is 10.1 Å². The van der Waals surface area contributed by atoms with Crippen molar-refractivity contribution in [2.45, 2.75) is 12.8 Å². The number of thiophene rings is 1. The number of rotatable bonds is 3. The third-order valence-corrected chi connectivity index (χ3v) is 4.77. The average molecular weight is 368 g/mol. The number of ether oxygens (including phenoxy) is 1. The lowest BCUT2D eigenvalue weighted by atomic mass is 10.0. The van der Waals surface area contributed by atoms with Crippen LogP contribution in [0.1, 0.15) is 22.3 Å². The molecule has 0 radical (unpaired) electrons. The maximum Gasteiger partial charge on any atom is 0.337 e. The summed E-state index contributed by atoms with van der Waals surface area (Å²) in [6.45, 7) is 0.861. The van der Waals surface area contributed by atoms with Crippen molar-refractivity contribution in [3.05, 3.63) is 64.6 Å². The Morgan fingerprint density at radius 2 is 2.15 bits per heavy atom. The van der Waals surface area contributed by atoms with E-state index in [4.69, 9.17) is 9.84 Å². The smallest absolute Gasteiger partial charge is 0.337 e. The second-order valence-electron chi connectivity index (χ2n) is 5.76. The number of aryl methyl sites for hydroxylation is 1. The van der Waals surface area contributed by atoms with Crippen molar-refractivity contribution < 1.29 is 14.6 Å². The molecule has 3 aromatic rings. The van der Waals surface area contributed by atoms with Gasteiger partial charge in [0.25, 0.3) is 0 Å². The monoisotopic (exact) mass is 368 g/mol. The zero-order chi connectivity index (χ0) is 18.4. The first-order chi connectivity index (χ1) is 12.7. The predicted octanol–water partition coefficient (Wildman–Crippen LogP) is 4.56. The number of aromatic carboxylic acids is 1. The summed E-state index contributed by atoms with van der Waals surface area (Å²) in [5, 5.41) is 15.6. The maximum absolute atomic E-state index is 10.5. The molecule has 0 spiro atoms. The van der Waals surface area contributed by atoms with E-state index >= 15 is 0 Å². The molecule has 6 heteroatoms. The molecule has 0 fully saturated rings. The molecule has 2 N–H and O–H groups in total. The summed E-state index contributed by atoms with van der Waals surface area (Å²) >= 11 is 1.73.